The molecule has 0 radical (unpaired) electrons. The number of hydrogen-bond acceptors (Lipinski definition) is 5. The number of carbonyl (C=O) groups excluding carboxylic acids is 2. The number of tetrazole rings is 1. The van der Waals surface area contributed by atoms with Crippen molar-refractivity contribution in [2.75, 3.05) is 4.90 Å². The van der Waals surface area contributed by atoms with Crippen molar-refractivity contribution >= 4 is 17.8 Å². The molecule has 0 bridgehead atoms. The van der Waals surface area contributed by atoms with E-state index in [0.29, 0.717) is 5.56 Å². The van der Waals surface area contributed by atoms with E-state index in [1.807, 2.05) is 0 Å². The van der Waals surface area contributed by atoms with E-state index in [2.05, 4.69) is 15.5 Å². The number of benzene rings is 1. The molecule has 7 nitrogen and oxygen atoms in total. The zero-order valence-electron chi connectivity index (χ0n) is 9.94. The Kier molecular flexibility index (Phi) is 3.13. The van der Waals surface area contributed by atoms with Gasteiger partial charge in [0.25, 0.3) is 11.9 Å². The third kappa shape index (κ3) is 2.10. The molecule has 0 aliphatic carbocycles. The van der Waals surface area contributed by atoms with E-state index >= 15 is 0 Å². The fraction of sp³-hybridized carbons (Fsp3) is 0.182. The van der Waals surface area contributed by atoms with Crippen molar-refractivity contribution in [3.63, 3.8) is 0 Å². The molecule has 2 amide bonds. The highest BCUT2D eigenvalue weighted by atomic mass is 16.2. The molecule has 1 aromatic carbocycles. The molecule has 0 unspecified atom stereocenters. The largest absolute Gasteiger partial charge is 0.274 e. The van der Waals surface area contributed by atoms with Crippen molar-refractivity contribution in [3.05, 3.63) is 35.9 Å². The first-order valence-corrected chi connectivity index (χ1v) is 5.23. The van der Waals surface area contributed by atoms with Gasteiger partial charge in [0.2, 0.25) is 5.91 Å². The SMILES string of the molecule is CC(=O)N(C(=O)c1ccccc1)c1nnnn1C. The summed E-state index contributed by atoms with van der Waals surface area (Å²) in [6, 6.07) is 8.49. The second kappa shape index (κ2) is 4.74. The van der Waals surface area contributed by atoms with Crippen LogP contribution >= 0.6 is 0 Å². The van der Waals surface area contributed by atoms with Crippen LogP contribution in [0, 0.1) is 0 Å². The summed E-state index contributed by atoms with van der Waals surface area (Å²) < 4.78 is 1.27. The van der Waals surface area contributed by atoms with Crippen LogP contribution in [-0.2, 0) is 11.8 Å². The molecular weight excluding hydrogens is 234 g/mol. The van der Waals surface area contributed by atoms with Crippen LogP contribution < -0.4 is 4.90 Å². The first kappa shape index (κ1) is 11.9. The van der Waals surface area contributed by atoms with Crippen LogP contribution in [0.15, 0.2) is 30.3 Å². The highest BCUT2D eigenvalue weighted by Crippen LogP contribution is 2.12. The van der Waals surface area contributed by atoms with E-state index < -0.39 is 11.8 Å². The molecule has 0 fully saturated rings. The smallest absolute Gasteiger partial charge is 0.267 e. The van der Waals surface area contributed by atoms with E-state index in [0.717, 1.165) is 4.90 Å². The van der Waals surface area contributed by atoms with Crippen LogP contribution in [0.1, 0.15) is 17.3 Å². The summed E-state index contributed by atoms with van der Waals surface area (Å²) >= 11 is 0. The van der Waals surface area contributed by atoms with Crippen LogP contribution in [0.25, 0.3) is 0 Å². The zero-order chi connectivity index (χ0) is 13.1. The lowest BCUT2D eigenvalue weighted by Crippen LogP contribution is -2.37. The molecule has 0 spiro atoms. The Labute approximate surface area is 103 Å². The highest BCUT2D eigenvalue weighted by molar-refractivity contribution is 6.19. The molecule has 1 heterocycles. The van der Waals surface area contributed by atoms with Crippen LogP contribution in [-0.4, -0.2) is 32.0 Å². The Morgan fingerprint density at radius 3 is 2.39 bits per heavy atom. The summed E-state index contributed by atoms with van der Waals surface area (Å²) in [5.41, 5.74) is 0.399. The highest BCUT2D eigenvalue weighted by Gasteiger charge is 2.25. The number of hydrogen-bond donors (Lipinski definition) is 0. The summed E-state index contributed by atoms with van der Waals surface area (Å²) in [6.45, 7) is 1.29. The van der Waals surface area contributed by atoms with Gasteiger partial charge in [-0.2, -0.15) is 0 Å². The molecule has 92 valence electrons. The number of amides is 2. The summed E-state index contributed by atoms with van der Waals surface area (Å²) in [5, 5.41) is 10.7. The minimum atomic E-state index is -0.457. The van der Waals surface area contributed by atoms with Gasteiger partial charge < -0.3 is 0 Å². The zero-order valence-corrected chi connectivity index (χ0v) is 9.94. The molecule has 2 rings (SSSR count). The molecule has 0 aliphatic rings. The van der Waals surface area contributed by atoms with Gasteiger partial charge in [-0.25, -0.2) is 9.58 Å². The van der Waals surface area contributed by atoms with Crippen LogP contribution in [0.4, 0.5) is 5.95 Å². The van der Waals surface area contributed by atoms with Gasteiger partial charge in [0.05, 0.1) is 0 Å². The van der Waals surface area contributed by atoms with Crippen LogP contribution in [0.3, 0.4) is 0 Å². The van der Waals surface area contributed by atoms with Crippen molar-refractivity contribution in [3.8, 4) is 0 Å². The van der Waals surface area contributed by atoms with Crippen molar-refractivity contribution in [2.24, 2.45) is 7.05 Å². The Morgan fingerprint density at radius 1 is 1.22 bits per heavy atom. The molecule has 1 aromatic heterocycles. The van der Waals surface area contributed by atoms with Gasteiger partial charge in [0.1, 0.15) is 0 Å². The molecule has 18 heavy (non-hydrogen) atoms. The number of aryl methyl sites for hydroxylation is 1. The summed E-state index contributed by atoms with van der Waals surface area (Å²) in [6.07, 6.45) is 0. The number of nitrogens with zero attached hydrogens (tertiary/aromatic N) is 5. The fourth-order valence-electron chi connectivity index (χ4n) is 1.50. The lowest BCUT2D eigenvalue weighted by Gasteiger charge is -2.16. The molecule has 7 heteroatoms. The molecule has 0 N–H and O–H groups in total. The van der Waals surface area contributed by atoms with Gasteiger partial charge in [-0.3, -0.25) is 9.59 Å². The van der Waals surface area contributed by atoms with Crippen LogP contribution in [0.5, 0.6) is 0 Å². The van der Waals surface area contributed by atoms with Gasteiger partial charge in [0.15, 0.2) is 0 Å². The minimum Gasteiger partial charge on any atom is -0.274 e. The van der Waals surface area contributed by atoms with Crippen molar-refractivity contribution < 1.29 is 9.59 Å². The Morgan fingerprint density at radius 2 is 1.89 bits per heavy atom. The summed E-state index contributed by atoms with van der Waals surface area (Å²) in [7, 11) is 1.56. The third-order valence-electron chi connectivity index (χ3n) is 2.34. The van der Waals surface area contributed by atoms with E-state index in [1.165, 1.54) is 11.6 Å². The topological polar surface area (TPSA) is 81.0 Å². The van der Waals surface area contributed by atoms with Gasteiger partial charge >= 0.3 is 0 Å². The maximum absolute atomic E-state index is 12.2. The van der Waals surface area contributed by atoms with E-state index in [1.54, 1.807) is 37.4 Å². The predicted octanol–water partition coefficient (Wildman–Crippen LogP) is 0.403. The van der Waals surface area contributed by atoms with Gasteiger partial charge in [-0.1, -0.05) is 23.3 Å². The maximum atomic E-state index is 12.2. The number of anilines is 1. The first-order chi connectivity index (χ1) is 8.61. The van der Waals surface area contributed by atoms with Gasteiger partial charge in [-0.15, -0.1) is 0 Å². The van der Waals surface area contributed by atoms with Gasteiger partial charge in [-0.05, 0) is 22.6 Å². The first-order valence-electron chi connectivity index (χ1n) is 5.23. The lowest BCUT2D eigenvalue weighted by atomic mass is 10.2. The Hall–Kier alpha value is -2.57. The maximum Gasteiger partial charge on any atom is 0.267 e. The molecule has 0 atom stereocenters. The second-order valence-corrected chi connectivity index (χ2v) is 3.63. The average Bonchev–Trinajstić information content (AvgIpc) is 2.76. The average molecular weight is 245 g/mol. The standard InChI is InChI=1S/C11H11N5O2/c1-8(17)16(11-12-13-14-15(11)2)10(18)9-6-4-3-5-7-9/h3-7H,1-2H3. The molecule has 2 aromatic rings. The van der Waals surface area contributed by atoms with Crippen molar-refractivity contribution in [1.82, 2.24) is 20.2 Å². The summed E-state index contributed by atoms with van der Waals surface area (Å²) in [5.74, 6) is -0.806. The fourth-order valence-corrected chi connectivity index (χ4v) is 1.50. The number of aromatic nitrogens is 4. The molecule has 0 saturated heterocycles. The molecule has 0 saturated carbocycles. The third-order valence-corrected chi connectivity index (χ3v) is 2.34. The summed E-state index contributed by atoms with van der Waals surface area (Å²) in [4.78, 5) is 24.8. The van der Waals surface area contributed by atoms with E-state index in [4.69, 9.17) is 0 Å². The molecule has 0 aliphatic heterocycles. The van der Waals surface area contributed by atoms with Crippen molar-refractivity contribution in [1.29, 1.82) is 0 Å². The Bertz CT molecular complexity index is 578. The number of imide groups is 1. The lowest BCUT2D eigenvalue weighted by molar-refractivity contribution is -0.116. The van der Waals surface area contributed by atoms with Gasteiger partial charge in [0, 0.05) is 19.5 Å². The molecular formula is C11H11N5O2. The van der Waals surface area contributed by atoms with Crippen molar-refractivity contribution in [2.45, 2.75) is 6.92 Å². The normalized spacial score (nSPS) is 10.1. The minimum absolute atomic E-state index is 0.0938. The second-order valence-electron chi connectivity index (χ2n) is 3.63. The number of carbonyl (C=O) groups is 2. The van der Waals surface area contributed by atoms with E-state index in [9.17, 15) is 9.59 Å². The monoisotopic (exact) mass is 245 g/mol. The van der Waals surface area contributed by atoms with E-state index in [-0.39, 0.29) is 5.95 Å². The van der Waals surface area contributed by atoms with Crippen LogP contribution in [0.2, 0.25) is 0 Å². The Balaban J connectivity index is 2.42. The quantitative estimate of drug-likeness (QED) is 0.765. The number of rotatable bonds is 2. The predicted molar refractivity (Wildman–Crippen MR) is 62.7 cm³/mol.